The van der Waals surface area contributed by atoms with Crippen LogP contribution in [0.2, 0.25) is 0 Å². The highest BCUT2D eigenvalue weighted by molar-refractivity contribution is 9.10. The minimum Gasteiger partial charge on any atom is -0.456 e. The first-order valence-electron chi connectivity index (χ1n) is 6.46. The number of aromatic nitrogens is 2. The first-order chi connectivity index (χ1) is 10.6. The summed E-state index contributed by atoms with van der Waals surface area (Å²) in [6, 6.07) is 11.4. The zero-order valence-corrected chi connectivity index (χ0v) is 12.9. The van der Waals surface area contributed by atoms with E-state index in [0.29, 0.717) is 21.1 Å². The van der Waals surface area contributed by atoms with Crippen LogP contribution in [0.3, 0.4) is 0 Å². The third kappa shape index (κ3) is 3.12. The molecular weight excluding hydrogens is 351 g/mol. The van der Waals surface area contributed by atoms with Crippen molar-refractivity contribution in [2.75, 3.05) is 0 Å². The zero-order chi connectivity index (χ0) is 15.5. The van der Waals surface area contributed by atoms with Crippen molar-refractivity contribution in [1.29, 1.82) is 0 Å². The Morgan fingerprint density at radius 2 is 1.95 bits per heavy atom. The Morgan fingerprint density at radius 3 is 2.73 bits per heavy atom. The average molecular weight is 361 g/mol. The number of hydrogen-bond donors (Lipinski definition) is 0. The summed E-state index contributed by atoms with van der Waals surface area (Å²) < 4.78 is 18.7. The van der Waals surface area contributed by atoms with E-state index in [0.717, 1.165) is 0 Å². The molecule has 0 N–H and O–H groups in total. The molecule has 0 amide bonds. The Morgan fingerprint density at radius 1 is 1.18 bits per heavy atom. The largest absolute Gasteiger partial charge is 0.456 e. The lowest BCUT2D eigenvalue weighted by Gasteiger charge is -2.07. The minimum atomic E-state index is -0.575. The SMILES string of the molecule is O=C(OCc1ccc(F)cc1Br)c1cnc2ccccc2n1. The number of halogens is 2. The van der Waals surface area contributed by atoms with E-state index in [4.69, 9.17) is 4.74 Å². The van der Waals surface area contributed by atoms with E-state index >= 15 is 0 Å². The number of rotatable bonds is 3. The number of ether oxygens (including phenoxy) is 1. The molecule has 3 aromatic rings. The van der Waals surface area contributed by atoms with Crippen molar-refractivity contribution in [3.63, 3.8) is 0 Å². The van der Waals surface area contributed by atoms with Gasteiger partial charge >= 0.3 is 5.97 Å². The molecule has 3 rings (SSSR count). The van der Waals surface area contributed by atoms with Crippen molar-refractivity contribution in [2.45, 2.75) is 6.61 Å². The first kappa shape index (κ1) is 14.6. The standard InChI is InChI=1S/C16H10BrFN2O2/c17-12-7-11(18)6-5-10(12)9-22-16(21)15-8-19-13-3-1-2-4-14(13)20-15/h1-8H,9H2. The molecule has 110 valence electrons. The van der Waals surface area contributed by atoms with Crippen LogP contribution in [0.15, 0.2) is 53.1 Å². The lowest BCUT2D eigenvalue weighted by Crippen LogP contribution is -2.08. The molecule has 0 unspecified atom stereocenters. The third-order valence-corrected chi connectivity index (χ3v) is 3.77. The van der Waals surface area contributed by atoms with Gasteiger partial charge in [-0.15, -0.1) is 0 Å². The number of carbonyl (C=O) groups is 1. The van der Waals surface area contributed by atoms with E-state index in [1.807, 2.05) is 18.2 Å². The summed E-state index contributed by atoms with van der Waals surface area (Å²) in [5.74, 6) is -0.933. The summed E-state index contributed by atoms with van der Waals surface area (Å²) in [6.45, 7) is 0.0220. The van der Waals surface area contributed by atoms with Crippen LogP contribution >= 0.6 is 15.9 Å². The molecule has 0 spiro atoms. The maximum atomic E-state index is 13.0. The second kappa shape index (κ2) is 6.19. The van der Waals surface area contributed by atoms with E-state index in [1.54, 1.807) is 12.1 Å². The Labute approximate surface area is 134 Å². The molecule has 0 aliphatic heterocycles. The Hall–Kier alpha value is -2.34. The summed E-state index contributed by atoms with van der Waals surface area (Å²) in [7, 11) is 0. The van der Waals surface area contributed by atoms with Gasteiger partial charge in [0.1, 0.15) is 12.4 Å². The number of benzene rings is 2. The van der Waals surface area contributed by atoms with Gasteiger partial charge in [-0.2, -0.15) is 0 Å². The summed E-state index contributed by atoms with van der Waals surface area (Å²) in [5, 5.41) is 0. The van der Waals surface area contributed by atoms with Gasteiger partial charge < -0.3 is 4.74 Å². The summed E-state index contributed by atoms with van der Waals surface area (Å²) >= 11 is 3.23. The predicted octanol–water partition coefficient (Wildman–Crippen LogP) is 3.89. The summed E-state index contributed by atoms with van der Waals surface area (Å²) in [4.78, 5) is 20.4. The molecule has 0 fully saturated rings. The number of para-hydroxylation sites is 2. The number of nitrogens with zero attached hydrogens (tertiary/aromatic N) is 2. The van der Waals surface area contributed by atoms with Crippen LogP contribution < -0.4 is 0 Å². The van der Waals surface area contributed by atoms with Crippen molar-refractivity contribution < 1.29 is 13.9 Å². The Kier molecular flexibility index (Phi) is 4.11. The maximum Gasteiger partial charge on any atom is 0.358 e. The number of esters is 1. The van der Waals surface area contributed by atoms with Gasteiger partial charge in [-0.05, 0) is 24.3 Å². The van der Waals surface area contributed by atoms with Gasteiger partial charge in [0.15, 0.2) is 5.69 Å². The molecule has 0 atom stereocenters. The lowest BCUT2D eigenvalue weighted by atomic mass is 10.2. The average Bonchev–Trinajstić information content (AvgIpc) is 2.53. The number of hydrogen-bond acceptors (Lipinski definition) is 4. The molecule has 1 heterocycles. The van der Waals surface area contributed by atoms with E-state index in [2.05, 4.69) is 25.9 Å². The molecule has 1 aromatic heterocycles. The molecule has 0 aliphatic carbocycles. The highest BCUT2D eigenvalue weighted by atomic mass is 79.9. The van der Waals surface area contributed by atoms with Crippen molar-refractivity contribution in [1.82, 2.24) is 9.97 Å². The fourth-order valence-corrected chi connectivity index (χ4v) is 2.38. The molecule has 0 bridgehead atoms. The molecule has 0 aliphatic rings. The zero-order valence-electron chi connectivity index (χ0n) is 11.3. The Balaban J connectivity index is 1.75. The Bertz CT molecular complexity index is 854. The van der Waals surface area contributed by atoms with Crippen molar-refractivity contribution >= 4 is 32.9 Å². The normalized spacial score (nSPS) is 10.6. The molecule has 0 saturated heterocycles. The van der Waals surface area contributed by atoms with Crippen molar-refractivity contribution in [3.05, 3.63) is 70.2 Å². The second-order valence-corrected chi connectivity index (χ2v) is 5.41. The third-order valence-electron chi connectivity index (χ3n) is 3.03. The van der Waals surface area contributed by atoms with E-state index < -0.39 is 5.97 Å². The van der Waals surface area contributed by atoms with Crippen LogP contribution in [-0.4, -0.2) is 15.9 Å². The van der Waals surface area contributed by atoms with Crippen LogP contribution in [0.1, 0.15) is 16.1 Å². The number of carbonyl (C=O) groups excluding carboxylic acids is 1. The van der Waals surface area contributed by atoms with Gasteiger partial charge in [-0.3, -0.25) is 4.98 Å². The van der Waals surface area contributed by atoms with Gasteiger partial charge in [-0.1, -0.05) is 34.1 Å². The van der Waals surface area contributed by atoms with E-state index in [-0.39, 0.29) is 18.1 Å². The minimum absolute atomic E-state index is 0.0220. The van der Waals surface area contributed by atoms with Crippen molar-refractivity contribution in [3.8, 4) is 0 Å². The molecule has 4 nitrogen and oxygen atoms in total. The van der Waals surface area contributed by atoms with Gasteiger partial charge in [0.05, 0.1) is 17.2 Å². The second-order valence-electron chi connectivity index (χ2n) is 4.56. The first-order valence-corrected chi connectivity index (χ1v) is 7.25. The molecule has 0 saturated carbocycles. The molecule has 2 aromatic carbocycles. The quantitative estimate of drug-likeness (QED) is 0.665. The van der Waals surface area contributed by atoms with Crippen LogP contribution in [0.25, 0.3) is 11.0 Å². The van der Waals surface area contributed by atoms with E-state index in [9.17, 15) is 9.18 Å². The van der Waals surface area contributed by atoms with Crippen LogP contribution in [0, 0.1) is 5.82 Å². The van der Waals surface area contributed by atoms with Crippen LogP contribution in [0.5, 0.6) is 0 Å². The molecule has 6 heteroatoms. The summed E-state index contributed by atoms with van der Waals surface area (Å²) in [5.41, 5.74) is 2.14. The highest BCUT2D eigenvalue weighted by Crippen LogP contribution is 2.19. The monoisotopic (exact) mass is 360 g/mol. The van der Waals surface area contributed by atoms with Crippen LogP contribution in [0.4, 0.5) is 4.39 Å². The molecular formula is C16H10BrFN2O2. The van der Waals surface area contributed by atoms with Gasteiger partial charge in [0.25, 0.3) is 0 Å². The van der Waals surface area contributed by atoms with E-state index in [1.165, 1.54) is 18.3 Å². The van der Waals surface area contributed by atoms with Gasteiger partial charge in [0, 0.05) is 10.0 Å². The number of fused-ring (bicyclic) bond motifs is 1. The summed E-state index contributed by atoms with van der Waals surface area (Å²) in [6.07, 6.45) is 1.38. The fraction of sp³-hybridized carbons (Fsp3) is 0.0625. The lowest BCUT2D eigenvalue weighted by molar-refractivity contribution is 0.0465. The highest BCUT2D eigenvalue weighted by Gasteiger charge is 2.12. The fourth-order valence-electron chi connectivity index (χ4n) is 1.91. The predicted molar refractivity (Wildman–Crippen MR) is 82.8 cm³/mol. The van der Waals surface area contributed by atoms with Gasteiger partial charge in [0.2, 0.25) is 0 Å². The molecule has 22 heavy (non-hydrogen) atoms. The smallest absolute Gasteiger partial charge is 0.358 e. The van der Waals surface area contributed by atoms with Crippen molar-refractivity contribution in [2.24, 2.45) is 0 Å². The maximum absolute atomic E-state index is 13.0. The topological polar surface area (TPSA) is 52.1 Å². The van der Waals surface area contributed by atoms with Crippen LogP contribution in [-0.2, 0) is 11.3 Å². The van der Waals surface area contributed by atoms with Gasteiger partial charge in [-0.25, -0.2) is 14.2 Å². The molecule has 0 radical (unpaired) electrons.